The molecule has 1 aliphatic heterocycles. The number of aromatic nitrogens is 2. The van der Waals surface area contributed by atoms with Crippen molar-refractivity contribution in [3.63, 3.8) is 0 Å². The van der Waals surface area contributed by atoms with Crippen LogP contribution >= 0.6 is 23.5 Å². The van der Waals surface area contributed by atoms with E-state index in [1.165, 1.54) is 113 Å². The summed E-state index contributed by atoms with van der Waals surface area (Å²) in [7, 11) is -16.7. The Morgan fingerprint density at radius 2 is 1.27 bits per heavy atom. The van der Waals surface area contributed by atoms with E-state index in [0.29, 0.717) is 6.42 Å². The molecule has 1 aliphatic rings. The van der Waals surface area contributed by atoms with Crippen molar-refractivity contribution in [2.75, 3.05) is 13.2 Å². The number of benzene rings is 2. The first kappa shape index (κ1) is 62.6. The number of H-pyrrole nitrogens is 1. The predicted molar refractivity (Wildman–Crippen MR) is 259 cm³/mol. The highest BCUT2D eigenvalue weighted by molar-refractivity contribution is 7.67. The third-order valence-electron chi connectivity index (χ3n) is 10.4. The number of nitrogens with zero attached hydrogens (tertiary/aromatic N) is 4. The maximum Gasteiger partial charge on any atom is 0.513 e. The number of phosphoric acid groups is 3. The Kier molecular flexibility index (Phi) is 28.7. The Morgan fingerprint density at radius 3 is 1.77 bits per heavy atom. The Hall–Kier alpha value is -4.54. The zero-order chi connectivity index (χ0) is 50.1. The van der Waals surface area contributed by atoms with Gasteiger partial charge in [-0.1, -0.05) is 127 Å². The number of ether oxygens (including phenoxy) is 4. The van der Waals surface area contributed by atoms with E-state index in [1.54, 1.807) is 6.92 Å². The molecular weight excluding hydrogens is 995 g/mol. The molecule has 0 spiro atoms. The van der Waals surface area contributed by atoms with E-state index in [4.69, 9.17) is 42.4 Å². The van der Waals surface area contributed by atoms with Gasteiger partial charge in [-0.3, -0.25) is 32.7 Å². The summed E-state index contributed by atoms with van der Waals surface area (Å²) in [5, 5.41) is 3.54. The third-order valence-corrected chi connectivity index (χ3v) is 15.1. The number of carbonyl (C=O) groups is 2. The number of rotatable bonds is 33. The Labute approximate surface area is 411 Å². The Balaban J connectivity index is 0.00000864. The topological polar surface area (TPSA) is 382 Å². The van der Waals surface area contributed by atoms with Gasteiger partial charge in [0.05, 0.1) is 38.6 Å². The van der Waals surface area contributed by atoms with Crippen LogP contribution in [0.15, 0.2) is 75.5 Å². The van der Waals surface area contributed by atoms with Crippen LogP contribution in [-0.2, 0) is 63.4 Å². The monoisotopic (exact) mass is 1060 g/mol. The summed E-state index contributed by atoms with van der Waals surface area (Å²) in [4.78, 5) is 73.5. The molecule has 1 saturated heterocycles. The van der Waals surface area contributed by atoms with Crippen LogP contribution in [0.1, 0.15) is 134 Å². The molecule has 3 aromatic rings. The summed E-state index contributed by atoms with van der Waals surface area (Å²) >= 11 is 0. The van der Waals surface area contributed by atoms with Crippen LogP contribution in [0.4, 0.5) is 4.79 Å². The van der Waals surface area contributed by atoms with Gasteiger partial charge in [-0.15, -0.1) is 0 Å². The van der Waals surface area contributed by atoms with Crippen LogP contribution in [0.5, 0.6) is 11.5 Å². The molecule has 28 heteroatoms. The molecule has 0 amide bonds. The fraction of sp³-hybridized carbons (Fsp3) is 0.581. The minimum absolute atomic E-state index is 0. The quantitative estimate of drug-likeness (QED) is 0.00553. The van der Waals surface area contributed by atoms with Crippen LogP contribution in [-0.4, -0.2) is 56.8 Å². The van der Waals surface area contributed by atoms with E-state index in [-0.39, 0.29) is 54.4 Å². The van der Waals surface area contributed by atoms with Crippen molar-refractivity contribution in [1.82, 2.24) is 21.9 Å². The lowest BCUT2D eigenvalue weighted by Crippen LogP contribution is -2.31. The van der Waals surface area contributed by atoms with E-state index < -0.39 is 85.0 Å². The first-order valence-electron chi connectivity index (χ1n) is 22.9. The van der Waals surface area contributed by atoms with Gasteiger partial charge in [-0.05, 0) is 47.3 Å². The summed E-state index contributed by atoms with van der Waals surface area (Å²) < 4.78 is 87.0. The number of aromatic amines is 1. The molecule has 71 heavy (non-hydrogen) atoms. The first-order chi connectivity index (χ1) is 33.0. The van der Waals surface area contributed by atoms with Crippen LogP contribution in [0.2, 0.25) is 0 Å². The number of esters is 1. The second kappa shape index (κ2) is 32.5. The van der Waals surface area contributed by atoms with Gasteiger partial charge in [0.1, 0.15) is 17.7 Å². The second-order valence-electron chi connectivity index (χ2n) is 16.0. The molecule has 0 saturated carbocycles. The number of hydrogen-bond donors (Lipinski definition) is 5. The highest BCUT2D eigenvalue weighted by atomic mass is 31.3. The van der Waals surface area contributed by atoms with E-state index in [1.807, 2.05) is 4.98 Å². The van der Waals surface area contributed by atoms with Gasteiger partial charge in [-0.25, -0.2) is 23.3 Å². The summed E-state index contributed by atoms with van der Waals surface area (Å²) in [5.74, 6) is -0.203. The lowest BCUT2D eigenvalue weighted by atomic mass is 10.0. The maximum atomic E-state index is 13.9. The largest absolute Gasteiger partial charge is 0.513 e. The van der Waals surface area contributed by atoms with Gasteiger partial charge in [0.15, 0.2) is 0 Å². The van der Waals surface area contributed by atoms with E-state index >= 15 is 0 Å². The molecule has 3 unspecified atom stereocenters. The van der Waals surface area contributed by atoms with E-state index in [2.05, 4.69) is 21.3 Å². The summed E-state index contributed by atoms with van der Waals surface area (Å²) in [6, 6.07) is 11.2. The highest BCUT2D eigenvalue weighted by Crippen LogP contribution is 2.69. The number of phosphoric ester groups is 2. The fourth-order valence-electron chi connectivity index (χ4n) is 6.82. The van der Waals surface area contributed by atoms with E-state index in [0.717, 1.165) is 36.1 Å². The Morgan fingerprint density at radius 1 is 0.746 bits per heavy atom. The number of hydrogen-bond acceptors (Lipinski definition) is 19. The van der Waals surface area contributed by atoms with Crippen molar-refractivity contribution in [2.45, 2.75) is 148 Å². The second-order valence-corrected chi connectivity index (χ2v) is 20.8. The van der Waals surface area contributed by atoms with Crippen LogP contribution in [0, 0.1) is 0 Å². The Bertz CT molecular complexity index is 2390. The first-order valence-corrected chi connectivity index (χ1v) is 27.3. The molecule has 6 atom stereocenters. The lowest BCUT2D eigenvalue weighted by molar-refractivity contribution is -0.134. The molecule has 4 rings (SSSR count). The molecular formula is C43H68N7O18P3. The molecule has 1 fully saturated rings. The van der Waals surface area contributed by atoms with Crippen molar-refractivity contribution >= 4 is 35.6 Å². The van der Waals surface area contributed by atoms with Gasteiger partial charge in [0.25, 0.3) is 5.56 Å². The molecule has 398 valence electrons. The summed E-state index contributed by atoms with van der Waals surface area (Å²) in [6.45, 7) is 1.92. The van der Waals surface area contributed by atoms with Crippen molar-refractivity contribution < 1.29 is 74.2 Å². The smallest absolute Gasteiger partial charge is 0.434 e. The molecule has 2 aromatic carbocycles. The van der Waals surface area contributed by atoms with Crippen molar-refractivity contribution in [3.05, 3.63) is 103 Å². The molecule has 0 radical (unpaired) electrons. The van der Waals surface area contributed by atoms with Gasteiger partial charge in [0, 0.05) is 30.0 Å². The van der Waals surface area contributed by atoms with Gasteiger partial charge in [-0.2, -0.15) is 8.62 Å². The van der Waals surface area contributed by atoms with Crippen LogP contribution < -0.4 is 33.0 Å². The minimum atomic E-state index is -5.90. The van der Waals surface area contributed by atoms with Gasteiger partial charge in [0.2, 0.25) is 0 Å². The maximum absolute atomic E-state index is 13.9. The summed E-state index contributed by atoms with van der Waals surface area (Å²) in [5.41, 5.74) is 8.05. The molecule has 1 aromatic heterocycles. The summed E-state index contributed by atoms with van der Waals surface area (Å²) in [6.07, 6.45) is 14.5. The van der Waals surface area contributed by atoms with Crippen molar-refractivity contribution in [2.24, 2.45) is 5.11 Å². The fourth-order valence-corrected chi connectivity index (χ4v) is 10.9. The zero-order valence-corrected chi connectivity index (χ0v) is 42.8. The van der Waals surface area contributed by atoms with Crippen molar-refractivity contribution in [3.8, 4) is 11.5 Å². The zero-order valence-electron chi connectivity index (χ0n) is 40.1. The molecule has 0 bridgehead atoms. The average Bonchev–Trinajstić information content (AvgIpc) is 3.70. The lowest BCUT2D eigenvalue weighted by Gasteiger charge is -2.22. The van der Waals surface area contributed by atoms with Crippen LogP contribution in [0.3, 0.4) is 0 Å². The molecule has 25 nitrogen and oxygen atoms in total. The molecule has 2 heterocycles. The normalized spacial score (nSPS) is 17.8. The third kappa shape index (κ3) is 24.2. The van der Waals surface area contributed by atoms with Gasteiger partial charge >= 0.3 is 41.3 Å². The minimum Gasteiger partial charge on any atom is -0.434 e. The SMILES string of the molecule is CCCCCCCCCCCCCCCCOC(=O)Oc1ccc(COP(=O)(OCc2ccc(OC(=O)CC)cc2)OP(=O)(O)OP(=O)(O)OC[C@H]2O[C@@H](n3ccc(=O)[nH]c3=O)C[C@H]2N=[N+]=[N-])cc1.N.N. The number of unbranched alkanes of at least 4 members (excludes halogenated alkanes) is 13. The average molecular weight is 1060 g/mol. The standard InChI is InChI=1S/C43H62N5O18P3.2H3N/c1-3-5-6-7-8-9-10-11-12-13-14-15-16-17-28-58-43(52)63-36-24-20-34(21-25-36)31-61-69(57,60-30-33-18-22-35(23-19-33)62-41(50)4-2)66-68(55,56)65-67(53,54)59-32-38-37(46-47-44)29-40(64-38)48-27-26-39(49)45-42(48)51;;/h18-27,37-38,40H,3-17,28-32H2,1-2H3,(H,53,54)(H,55,56)(H,45,49,51);2*1H3/t37-,38-,40-,69?;;/m1../s1. The van der Waals surface area contributed by atoms with Crippen LogP contribution in [0.25, 0.3) is 10.4 Å². The number of azide groups is 1. The van der Waals surface area contributed by atoms with Gasteiger partial charge < -0.3 is 41.0 Å². The predicted octanol–water partition coefficient (Wildman–Crippen LogP) is 10.9. The highest BCUT2D eigenvalue weighted by Gasteiger charge is 2.45. The van der Waals surface area contributed by atoms with Crippen molar-refractivity contribution in [1.29, 1.82) is 0 Å². The molecule has 9 N–H and O–H groups in total. The van der Waals surface area contributed by atoms with E-state index in [9.17, 15) is 42.7 Å². The number of carbonyl (C=O) groups excluding carboxylic acids is 2. The number of nitrogens with one attached hydrogen (secondary N) is 1. The molecule has 0 aliphatic carbocycles.